The Bertz CT molecular complexity index is 1430. The first-order valence-electron chi connectivity index (χ1n) is 10.8. The van der Waals surface area contributed by atoms with Crippen LogP contribution in [0.4, 0.5) is 4.39 Å². The highest BCUT2D eigenvalue weighted by molar-refractivity contribution is 6.02. The Balaban J connectivity index is 2.08. The van der Waals surface area contributed by atoms with Crippen molar-refractivity contribution in [3.05, 3.63) is 80.8 Å². The highest BCUT2D eigenvalue weighted by atomic mass is 19.1. The van der Waals surface area contributed by atoms with Crippen LogP contribution in [0.1, 0.15) is 32.3 Å². The number of methoxy groups -OCH3 is 1. The standard InChI is InChI=1S/C26H24FNO6/c1-13(2)33-26(31)20-14(3)28-18(12-27)22(25(30)32-4)21(20)16-9-7-10-17-23(29)15-8-5-6-11-19(15)34-24(16)17/h5-11,13,21,28H,12H2,1-4H3. The summed E-state index contributed by atoms with van der Waals surface area (Å²) in [5.74, 6) is -2.57. The number of ether oxygens (including phenoxy) is 2. The van der Waals surface area contributed by atoms with Gasteiger partial charge in [-0.15, -0.1) is 0 Å². The molecule has 0 saturated heterocycles. The number of dihydropyridines is 1. The number of allylic oxidation sites excluding steroid dienone is 2. The van der Waals surface area contributed by atoms with E-state index in [1.807, 2.05) is 0 Å². The zero-order valence-electron chi connectivity index (χ0n) is 19.2. The van der Waals surface area contributed by atoms with Gasteiger partial charge in [0.2, 0.25) is 5.43 Å². The van der Waals surface area contributed by atoms with E-state index in [-0.39, 0.29) is 33.2 Å². The predicted octanol–water partition coefficient (Wildman–Crippen LogP) is 4.26. The summed E-state index contributed by atoms with van der Waals surface area (Å²) in [5.41, 5.74) is 0.955. The summed E-state index contributed by atoms with van der Waals surface area (Å²) >= 11 is 0. The second-order valence-electron chi connectivity index (χ2n) is 8.22. The smallest absolute Gasteiger partial charge is 0.337 e. The van der Waals surface area contributed by atoms with Crippen molar-refractivity contribution in [1.82, 2.24) is 5.32 Å². The molecule has 7 nitrogen and oxygen atoms in total. The lowest BCUT2D eigenvalue weighted by molar-refractivity contribution is -0.143. The van der Waals surface area contributed by atoms with Gasteiger partial charge in [0, 0.05) is 11.3 Å². The fraction of sp³-hybridized carbons (Fsp3) is 0.269. The topological polar surface area (TPSA) is 94.8 Å². The SMILES string of the molecule is COC(=O)C1=C(CF)NC(C)=C(C(=O)OC(C)C)C1c1cccc2c(=O)c3ccccc3oc12. The Morgan fingerprint density at radius 2 is 1.76 bits per heavy atom. The van der Waals surface area contributed by atoms with Gasteiger partial charge in [-0.2, -0.15) is 0 Å². The summed E-state index contributed by atoms with van der Waals surface area (Å²) < 4.78 is 30.6. The van der Waals surface area contributed by atoms with Crippen molar-refractivity contribution >= 4 is 33.9 Å². The molecule has 2 aromatic carbocycles. The molecule has 2 heterocycles. The largest absolute Gasteiger partial charge is 0.466 e. The lowest BCUT2D eigenvalue weighted by Gasteiger charge is -2.31. The Morgan fingerprint density at radius 3 is 2.44 bits per heavy atom. The molecule has 176 valence electrons. The summed E-state index contributed by atoms with van der Waals surface area (Å²) in [6.07, 6.45) is -0.434. The molecule has 1 aliphatic heterocycles. The van der Waals surface area contributed by atoms with E-state index in [0.717, 1.165) is 0 Å². The van der Waals surface area contributed by atoms with Crippen LogP contribution < -0.4 is 10.7 Å². The first-order valence-corrected chi connectivity index (χ1v) is 10.8. The quantitative estimate of drug-likeness (QED) is 0.445. The highest BCUT2D eigenvalue weighted by Crippen LogP contribution is 2.42. The fourth-order valence-corrected chi connectivity index (χ4v) is 4.29. The molecule has 0 radical (unpaired) electrons. The van der Waals surface area contributed by atoms with Crippen LogP contribution in [0.3, 0.4) is 0 Å². The van der Waals surface area contributed by atoms with Gasteiger partial charge in [0.05, 0.1) is 46.7 Å². The molecule has 0 amide bonds. The highest BCUT2D eigenvalue weighted by Gasteiger charge is 2.40. The summed E-state index contributed by atoms with van der Waals surface area (Å²) in [6.45, 7) is 4.01. The number of hydrogen-bond donors (Lipinski definition) is 1. The van der Waals surface area contributed by atoms with Crippen LogP contribution in [0, 0.1) is 0 Å². The van der Waals surface area contributed by atoms with E-state index < -0.39 is 30.6 Å². The van der Waals surface area contributed by atoms with Crippen LogP contribution in [0.15, 0.2) is 74.2 Å². The second-order valence-corrected chi connectivity index (χ2v) is 8.22. The van der Waals surface area contributed by atoms with E-state index in [4.69, 9.17) is 13.9 Å². The van der Waals surface area contributed by atoms with Gasteiger partial charge < -0.3 is 19.2 Å². The maximum absolute atomic E-state index is 14.1. The van der Waals surface area contributed by atoms with Crippen molar-refractivity contribution in [2.45, 2.75) is 32.8 Å². The van der Waals surface area contributed by atoms with Crippen molar-refractivity contribution in [1.29, 1.82) is 0 Å². The maximum atomic E-state index is 14.1. The summed E-state index contributed by atoms with van der Waals surface area (Å²) in [7, 11) is 1.18. The van der Waals surface area contributed by atoms with Crippen molar-refractivity contribution in [2.75, 3.05) is 13.8 Å². The number of esters is 2. The van der Waals surface area contributed by atoms with Crippen LogP contribution in [0.25, 0.3) is 21.9 Å². The van der Waals surface area contributed by atoms with Gasteiger partial charge >= 0.3 is 11.9 Å². The third-order valence-electron chi connectivity index (χ3n) is 5.69. The van der Waals surface area contributed by atoms with E-state index in [1.54, 1.807) is 63.2 Å². The van der Waals surface area contributed by atoms with Crippen LogP contribution in [-0.2, 0) is 19.1 Å². The van der Waals surface area contributed by atoms with Crippen LogP contribution in [0.5, 0.6) is 0 Å². The molecule has 0 saturated carbocycles. The van der Waals surface area contributed by atoms with Gasteiger partial charge in [0.25, 0.3) is 0 Å². The van der Waals surface area contributed by atoms with Crippen molar-refractivity contribution in [3.8, 4) is 0 Å². The molecular weight excluding hydrogens is 441 g/mol. The number of carbonyl (C=O) groups excluding carboxylic acids is 2. The molecule has 1 aromatic heterocycles. The molecule has 1 aliphatic rings. The first kappa shape index (κ1) is 23.2. The van der Waals surface area contributed by atoms with Gasteiger partial charge in [-0.25, -0.2) is 14.0 Å². The maximum Gasteiger partial charge on any atom is 0.337 e. The number of nitrogens with one attached hydrogen (secondary N) is 1. The molecule has 34 heavy (non-hydrogen) atoms. The molecule has 0 aliphatic carbocycles. The minimum atomic E-state index is -1.08. The number of para-hydroxylation sites is 2. The molecule has 0 fully saturated rings. The fourth-order valence-electron chi connectivity index (χ4n) is 4.29. The Hall–Kier alpha value is -3.94. The van der Waals surface area contributed by atoms with Gasteiger partial charge in [-0.05, 0) is 39.0 Å². The summed E-state index contributed by atoms with van der Waals surface area (Å²) in [4.78, 5) is 39.3. The van der Waals surface area contributed by atoms with E-state index in [9.17, 15) is 18.8 Å². The molecule has 4 rings (SSSR count). The monoisotopic (exact) mass is 465 g/mol. The van der Waals surface area contributed by atoms with E-state index in [0.29, 0.717) is 22.2 Å². The third kappa shape index (κ3) is 3.85. The molecular formula is C26H24FNO6. The lowest BCUT2D eigenvalue weighted by atomic mass is 9.79. The third-order valence-corrected chi connectivity index (χ3v) is 5.69. The van der Waals surface area contributed by atoms with E-state index in [2.05, 4.69) is 5.32 Å². The molecule has 1 atom stereocenters. The second kappa shape index (κ2) is 9.13. The van der Waals surface area contributed by atoms with Crippen LogP contribution in [-0.4, -0.2) is 31.8 Å². The summed E-state index contributed by atoms with van der Waals surface area (Å²) in [6, 6.07) is 11.7. The number of carbonyl (C=O) groups is 2. The number of hydrogen-bond acceptors (Lipinski definition) is 7. The minimum absolute atomic E-state index is 0.0319. The van der Waals surface area contributed by atoms with E-state index in [1.165, 1.54) is 7.11 Å². The molecule has 0 bridgehead atoms. The Kier molecular flexibility index (Phi) is 6.24. The molecule has 8 heteroatoms. The summed E-state index contributed by atoms with van der Waals surface area (Å²) in [5, 5.41) is 3.49. The molecule has 1 unspecified atom stereocenters. The first-order chi connectivity index (χ1) is 16.3. The van der Waals surface area contributed by atoms with Crippen LogP contribution >= 0.6 is 0 Å². The Labute approximate surface area is 194 Å². The number of halogens is 1. The van der Waals surface area contributed by atoms with Gasteiger partial charge in [-0.3, -0.25) is 4.79 Å². The molecule has 1 N–H and O–H groups in total. The predicted molar refractivity (Wildman–Crippen MR) is 125 cm³/mol. The number of rotatable bonds is 5. The van der Waals surface area contributed by atoms with Crippen molar-refractivity contribution in [3.63, 3.8) is 0 Å². The zero-order chi connectivity index (χ0) is 24.6. The Morgan fingerprint density at radius 1 is 1.06 bits per heavy atom. The average Bonchev–Trinajstić information content (AvgIpc) is 2.82. The number of benzene rings is 2. The zero-order valence-corrected chi connectivity index (χ0v) is 19.2. The van der Waals surface area contributed by atoms with Gasteiger partial charge in [0.1, 0.15) is 17.8 Å². The van der Waals surface area contributed by atoms with Crippen molar-refractivity contribution in [2.24, 2.45) is 0 Å². The molecule has 3 aromatic rings. The van der Waals surface area contributed by atoms with Gasteiger partial charge in [0.15, 0.2) is 0 Å². The number of alkyl halides is 1. The van der Waals surface area contributed by atoms with Gasteiger partial charge in [-0.1, -0.05) is 24.3 Å². The van der Waals surface area contributed by atoms with Crippen molar-refractivity contribution < 1.29 is 27.9 Å². The minimum Gasteiger partial charge on any atom is -0.466 e. The van der Waals surface area contributed by atoms with E-state index >= 15 is 0 Å². The number of fused-ring (bicyclic) bond motifs is 2. The molecule has 0 spiro atoms. The lowest BCUT2D eigenvalue weighted by Crippen LogP contribution is -2.34. The normalized spacial score (nSPS) is 16.2. The van der Waals surface area contributed by atoms with Crippen LogP contribution in [0.2, 0.25) is 0 Å². The average molecular weight is 465 g/mol.